The molecular formula is C37H69NO3. The summed E-state index contributed by atoms with van der Waals surface area (Å²) in [4.78, 5) is 12.3. The molecule has 0 bridgehead atoms. The highest BCUT2D eigenvalue weighted by molar-refractivity contribution is 5.76. The fraction of sp³-hybridized carbons (Fsp3) is 0.811. The van der Waals surface area contributed by atoms with Crippen LogP contribution in [-0.2, 0) is 4.79 Å². The molecule has 0 heterocycles. The standard InChI is InChI=1S/C37H69NO3/c1-3-5-7-9-11-13-15-16-17-18-19-20-21-22-23-25-27-29-31-33-37(41)38-35(34-39)36(40)32-30-28-26-24-14-12-10-8-6-4-2/h14,16-17,24,30,32,35-36,39-40H,3-13,15,18-23,25-29,31,33-34H2,1-2H3,(H,38,41)/b17-16+,24-14+,32-30+/t35-,36+/m0/s1. The first kappa shape index (κ1) is 39.6. The molecule has 0 saturated carbocycles. The van der Waals surface area contributed by atoms with Gasteiger partial charge in [-0.3, -0.25) is 4.79 Å². The van der Waals surface area contributed by atoms with Crippen molar-refractivity contribution in [2.24, 2.45) is 0 Å². The van der Waals surface area contributed by atoms with E-state index in [1.165, 1.54) is 122 Å². The zero-order valence-electron chi connectivity index (χ0n) is 27.3. The number of unbranched alkanes of at least 4 members (excludes halogenated alkanes) is 20. The third kappa shape index (κ3) is 29.9. The SMILES string of the molecule is CCCCCC/C=C/CC/C=C/[C@@H](O)[C@H](CO)NC(=O)CCCCCCCCCCC/C=C/CCCCCCCC. The molecule has 0 saturated heterocycles. The molecule has 4 nitrogen and oxygen atoms in total. The molecule has 0 fully saturated rings. The van der Waals surface area contributed by atoms with E-state index in [-0.39, 0.29) is 12.5 Å². The third-order valence-electron chi connectivity index (χ3n) is 7.85. The minimum atomic E-state index is -0.858. The molecule has 1 amide bonds. The molecule has 0 unspecified atom stereocenters. The molecule has 0 aromatic carbocycles. The van der Waals surface area contributed by atoms with Crippen molar-refractivity contribution >= 4 is 5.91 Å². The van der Waals surface area contributed by atoms with E-state index in [0.29, 0.717) is 6.42 Å². The second-order valence-corrected chi connectivity index (χ2v) is 11.9. The molecule has 0 aliphatic carbocycles. The molecule has 41 heavy (non-hydrogen) atoms. The van der Waals surface area contributed by atoms with E-state index < -0.39 is 12.1 Å². The lowest BCUT2D eigenvalue weighted by Crippen LogP contribution is -2.45. The Bertz CT molecular complexity index is 628. The molecule has 4 heteroatoms. The third-order valence-corrected chi connectivity index (χ3v) is 7.85. The van der Waals surface area contributed by atoms with Crippen molar-refractivity contribution in [2.75, 3.05) is 6.61 Å². The second kappa shape index (κ2) is 33.1. The monoisotopic (exact) mass is 576 g/mol. The summed E-state index contributed by atoms with van der Waals surface area (Å²) in [6, 6.07) is -0.635. The van der Waals surface area contributed by atoms with Gasteiger partial charge in [-0.25, -0.2) is 0 Å². The Morgan fingerprint density at radius 2 is 0.951 bits per heavy atom. The van der Waals surface area contributed by atoms with E-state index in [2.05, 4.69) is 43.5 Å². The Hall–Kier alpha value is -1.39. The lowest BCUT2D eigenvalue weighted by Gasteiger charge is -2.19. The highest BCUT2D eigenvalue weighted by atomic mass is 16.3. The molecule has 0 spiro atoms. The Kier molecular flexibility index (Phi) is 32.0. The molecule has 0 radical (unpaired) electrons. The van der Waals surface area contributed by atoms with Crippen LogP contribution in [0.3, 0.4) is 0 Å². The first-order chi connectivity index (χ1) is 20.2. The summed E-state index contributed by atoms with van der Waals surface area (Å²) in [6.45, 7) is 4.24. The van der Waals surface area contributed by atoms with Crippen LogP contribution in [-0.4, -0.2) is 34.9 Å². The van der Waals surface area contributed by atoms with Crippen LogP contribution in [0.15, 0.2) is 36.5 Å². The lowest BCUT2D eigenvalue weighted by atomic mass is 10.0. The lowest BCUT2D eigenvalue weighted by molar-refractivity contribution is -0.123. The number of amides is 1. The summed E-state index contributed by atoms with van der Waals surface area (Å²) in [5, 5.41) is 22.8. The fourth-order valence-electron chi connectivity index (χ4n) is 5.07. The van der Waals surface area contributed by atoms with Gasteiger partial charge in [0.05, 0.1) is 18.8 Å². The Morgan fingerprint density at radius 1 is 0.561 bits per heavy atom. The maximum absolute atomic E-state index is 12.3. The Labute approximate surface area is 255 Å². The predicted molar refractivity (Wildman–Crippen MR) is 179 cm³/mol. The van der Waals surface area contributed by atoms with Crippen molar-refractivity contribution in [2.45, 2.75) is 187 Å². The Balaban J connectivity index is 3.62. The van der Waals surface area contributed by atoms with Crippen LogP contribution in [0, 0.1) is 0 Å². The number of rotatable bonds is 31. The number of carbonyl (C=O) groups excluding carboxylic acids is 1. The van der Waals surface area contributed by atoms with Crippen LogP contribution in [0.1, 0.15) is 174 Å². The van der Waals surface area contributed by atoms with Crippen LogP contribution in [0.25, 0.3) is 0 Å². The van der Waals surface area contributed by atoms with Crippen molar-refractivity contribution in [3.05, 3.63) is 36.5 Å². The van der Waals surface area contributed by atoms with Crippen molar-refractivity contribution in [3.8, 4) is 0 Å². The fourth-order valence-corrected chi connectivity index (χ4v) is 5.07. The largest absolute Gasteiger partial charge is 0.394 e. The molecule has 0 aromatic heterocycles. The first-order valence-corrected chi connectivity index (χ1v) is 17.7. The number of allylic oxidation sites excluding steroid dienone is 5. The molecule has 3 N–H and O–H groups in total. The van der Waals surface area contributed by atoms with E-state index >= 15 is 0 Å². The van der Waals surface area contributed by atoms with Gasteiger partial charge in [0, 0.05) is 6.42 Å². The summed E-state index contributed by atoms with van der Waals surface area (Å²) >= 11 is 0. The van der Waals surface area contributed by atoms with Crippen molar-refractivity contribution in [1.29, 1.82) is 0 Å². The maximum atomic E-state index is 12.3. The highest BCUT2D eigenvalue weighted by Gasteiger charge is 2.17. The molecule has 0 aliphatic heterocycles. The molecular weight excluding hydrogens is 506 g/mol. The summed E-state index contributed by atoms with van der Waals surface area (Å²) < 4.78 is 0. The van der Waals surface area contributed by atoms with Crippen LogP contribution in [0.4, 0.5) is 0 Å². The Morgan fingerprint density at radius 3 is 1.44 bits per heavy atom. The van der Waals surface area contributed by atoms with Gasteiger partial charge in [0.25, 0.3) is 0 Å². The van der Waals surface area contributed by atoms with E-state index in [4.69, 9.17) is 0 Å². The number of nitrogens with one attached hydrogen (secondary N) is 1. The van der Waals surface area contributed by atoms with Crippen molar-refractivity contribution in [3.63, 3.8) is 0 Å². The van der Waals surface area contributed by atoms with Gasteiger partial charge < -0.3 is 15.5 Å². The van der Waals surface area contributed by atoms with E-state index in [1.54, 1.807) is 6.08 Å². The average molecular weight is 576 g/mol. The van der Waals surface area contributed by atoms with Crippen molar-refractivity contribution < 1.29 is 15.0 Å². The van der Waals surface area contributed by atoms with Gasteiger partial charge in [-0.15, -0.1) is 0 Å². The van der Waals surface area contributed by atoms with Crippen LogP contribution in [0.5, 0.6) is 0 Å². The zero-order valence-corrected chi connectivity index (χ0v) is 27.3. The normalized spacial score (nSPS) is 13.6. The maximum Gasteiger partial charge on any atom is 0.220 e. The van der Waals surface area contributed by atoms with Gasteiger partial charge in [-0.1, -0.05) is 147 Å². The smallest absolute Gasteiger partial charge is 0.220 e. The quantitative estimate of drug-likeness (QED) is 0.0569. The van der Waals surface area contributed by atoms with Crippen LogP contribution >= 0.6 is 0 Å². The van der Waals surface area contributed by atoms with Gasteiger partial charge in [0.2, 0.25) is 5.91 Å². The number of aliphatic hydroxyl groups excluding tert-OH is 2. The average Bonchev–Trinajstić information content (AvgIpc) is 2.97. The first-order valence-electron chi connectivity index (χ1n) is 17.7. The topological polar surface area (TPSA) is 69.6 Å². The van der Waals surface area contributed by atoms with Crippen molar-refractivity contribution in [1.82, 2.24) is 5.32 Å². The van der Waals surface area contributed by atoms with E-state index in [0.717, 1.165) is 32.1 Å². The summed E-state index contributed by atoms with van der Waals surface area (Å²) in [6.07, 6.45) is 42.3. The molecule has 2 atom stereocenters. The van der Waals surface area contributed by atoms with Gasteiger partial charge >= 0.3 is 0 Å². The van der Waals surface area contributed by atoms with Gasteiger partial charge in [-0.05, 0) is 57.8 Å². The zero-order chi connectivity index (χ0) is 30.1. The molecule has 240 valence electrons. The number of carbonyl (C=O) groups is 1. The van der Waals surface area contributed by atoms with Crippen LogP contribution < -0.4 is 5.32 Å². The van der Waals surface area contributed by atoms with Crippen LogP contribution in [0.2, 0.25) is 0 Å². The minimum absolute atomic E-state index is 0.0801. The number of aliphatic hydroxyl groups is 2. The molecule has 0 aliphatic rings. The minimum Gasteiger partial charge on any atom is -0.394 e. The van der Waals surface area contributed by atoms with Gasteiger partial charge in [-0.2, -0.15) is 0 Å². The van der Waals surface area contributed by atoms with Gasteiger partial charge in [0.1, 0.15) is 0 Å². The second-order valence-electron chi connectivity index (χ2n) is 11.9. The predicted octanol–water partition coefficient (Wildman–Crippen LogP) is 10.3. The van der Waals surface area contributed by atoms with E-state index in [1.807, 2.05) is 6.08 Å². The molecule has 0 aromatic rings. The summed E-state index contributed by atoms with van der Waals surface area (Å²) in [7, 11) is 0. The molecule has 0 rings (SSSR count). The number of hydrogen-bond acceptors (Lipinski definition) is 3. The van der Waals surface area contributed by atoms with E-state index in [9.17, 15) is 15.0 Å². The summed E-state index contributed by atoms with van der Waals surface area (Å²) in [5.41, 5.74) is 0. The number of hydrogen-bond donors (Lipinski definition) is 3. The summed E-state index contributed by atoms with van der Waals surface area (Å²) in [5.74, 6) is -0.0801. The highest BCUT2D eigenvalue weighted by Crippen LogP contribution is 2.13. The van der Waals surface area contributed by atoms with Gasteiger partial charge in [0.15, 0.2) is 0 Å².